The number of benzene rings is 1. The number of rotatable bonds is 3. The van der Waals surface area contributed by atoms with Gasteiger partial charge < -0.3 is 11.1 Å². The Morgan fingerprint density at radius 3 is 2.59 bits per heavy atom. The Hall–Kier alpha value is -1.86. The van der Waals surface area contributed by atoms with Crippen molar-refractivity contribution in [2.24, 2.45) is 4.99 Å². The van der Waals surface area contributed by atoms with Crippen LogP contribution in [0.25, 0.3) is 0 Å². The van der Waals surface area contributed by atoms with E-state index in [4.69, 9.17) is 5.73 Å². The maximum absolute atomic E-state index is 11.9. The molecule has 6 nitrogen and oxygen atoms in total. The van der Waals surface area contributed by atoms with Gasteiger partial charge in [0.1, 0.15) is 0 Å². The van der Waals surface area contributed by atoms with Gasteiger partial charge >= 0.3 is 0 Å². The minimum absolute atomic E-state index is 0.151. The van der Waals surface area contributed by atoms with Crippen LogP contribution in [0.15, 0.2) is 46.4 Å². The summed E-state index contributed by atoms with van der Waals surface area (Å²) in [7, 11) is -3.59. The Labute approximate surface area is 99.3 Å². The Bertz CT molecular complexity index is 548. The third-order valence-electron chi connectivity index (χ3n) is 2.13. The molecule has 1 aromatic rings. The second-order valence-electron chi connectivity index (χ2n) is 3.42. The first-order chi connectivity index (χ1) is 8.08. The molecule has 1 heterocycles. The van der Waals surface area contributed by atoms with Crippen molar-refractivity contribution in [1.29, 1.82) is 0 Å². The van der Waals surface area contributed by atoms with Crippen LogP contribution in [0.1, 0.15) is 0 Å². The molecule has 0 fully saturated rings. The van der Waals surface area contributed by atoms with Crippen LogP contribution in [-0.4, -0.2) is 20.9 Å². The van der Waals surface area contributed by atoms with Crippen molar-refractivity contribution in [3.8, 4) is 0 Å². The van der Waals surface area contributed by atoms with Crippen LogP contribution in [-0.2, 0) is 10.0 Å². The number of aliphatic imine (C=N–C) groups is 1. The minimum Gasteiger partial charge on any atom is -0.399 e. The molecule has 0 radical (unpaired) electrons. The number of nitrogens with zero attached hydrogens (tertiary/aromatic N) is 1. The number of nitrogens with two attached hydrogens (primary N) is 1. The van der Waals surface area contributed by atoms with E-state index in [0.717, 1.165) is 0 Å². The standard InChI is InChI=1S/C10H12N4O2S/c11-8-2-4-9(5-3-8)17(15,16)14-10-12-6-1-7-13-10/h1-7,10,12,14H,11H2. The second-order valence-corrected chi connectivity index (χ2v) is 5.13. The number of nitrogens with one attached hydrogen (secondary N) is 2. The zero-order chi connectivity index (χ0) is 12.3. The van der Waals surface area contributed by atoms with Crippen LogP contribution < -0.4 is 15.8 Å². The van der Waals surface area contributed by atoms with E-state index in [-0.39, 0.29) is 4.90 Å². The molecule has 7 heteroatoms. The molecule has 0 saturated carbocycles. The number of hydrogen-bond donors (Lipinski definition) is 3. The molecule has 0 amide bonds. The third kappa shape index (κ3) is 2.83. The first kappa shape index (κ1) is 11.6. The number of hydrogen-bond acceptors (Lipinski definition) is 5. The van der Waals surface area contributed by atoms with E-state index >= 15 is 0 Å². The maximum Gasteiger partial charge on any atom is 0.243 e. The highest BCUT2D eigenvalue weighted by atomic mass is 32.2. The fourth-order valence-electron chi connectivity index (χ4n) is 1.29. The average Bonchev–Trinajstić information content (AvgIpc) is 2.30. The van der Waals surface area contributed by atoms with Gasteiger partial charge in [0.25, 0.3) is 0 Å². The highest BCUT2D eigenvalue weighted by Gasteiger charge is 2.18. The lowest BCUT2D eigenvalue weighted by atomic mass is 10.3. The van der Waals surface area contributed by atoms with Crippen LogP contribution in [0, 0.1) is 0 Å². The second kappa shape index (κ2) is 4.56. The Morgan fingerprint density at radius 2 is 2.00 bits per heavy atom. The van der Waals surface area contributed by atoms with Gasteiger partial charge in [-0.15, -0.1) is 0 Å². The summed E-state index contributed by atoms with van der Waals surface area (Å²) in [6, 6.07) is 5.96. The van der Waals surface area contributed by atoms with Crippen molar-refractivity contribution in [3.05, 3.63) is 36.5 Å². The molecule has 90 valence electrons. The summed E-state index contributed by atoms with van der Waals surface area (Å²) in [6.45, 7) is 0. The lowest BCUT2D eigenvalue weighted by Crippen LogP contribution is -2.42. The normalized spacial score (nSPS) is 18.9. The zero-order valence-electron chi connectivity index (χ0n) is 8.87. The summed E-state index contributed by atoms with van der Waals surface area (Å²) < 4.78 is 26.2. The maximum atomic E-state index is 11.9. The summed E-state index contributed by atoms with van der Waals surface area (Å²) in [5.41, 5.74) is 6.01. The predicted octanol–water partition coefficient (Wildman–Crippen LogP) is 0.0184. The first-order valence-corrected chi connectivity index (χ1v) is 6.38. The minimum atomic E-state index is -3.59. The molecule has 0 saturated heterocycles. The average molecular weight is 252 g/mol. The van der Waals surface area contributed by atoms with Gasteiger partial charge in [-0.1, -0.05) is 0 Å². The van der Waals surface area contributed by atoms with Crippen molar-refractivity contribution in [2.75, 3.05) is 5.73 Å². The Balaban J connectivity index is 2.16. The van der Waals surface area contributed by atoms with E-state index in [1.165, 1.54) is 30.5 Å². The van der Waals surface area contributed by atoms with Crippen molar-refractivity contribution in [1.82, 2.24) is 10.0 Å². The molecule has 0 bridgehead atoms. The molecule has 1 unspecified atom stereocenters. The molecule has 4 N–H and O–H groups in total. The van der Waals surface area contributed by atoms with E-state index in [2.05, 4.69) is 15.0 Å². The Kier molecular flexibility index (Phi) is 3.12. The van der Waals surface area contributed by atoms with Gasteiger partial charge in [0.05, 0.1) is 4.90 Å². The smallest absolute Gasteiger partial charge is 0.243 e. The fraction of sp³-hybridized carbons (Fsp3) is 0.100. The van der Waals surface area contributed by atoms with Crippen LogP contribution in [0.4, 0.5) is 5.69 Å². The van der Waals surface area contributed by atoms with E-state index in [1.54, 1.807) is 12.3 Å². The summed E-state index contributed by atoms with van der Waals surface area (Å²) in [5, 5.41) is 2.76. The van der Waals surface area contributed by atoms with Gasteiger partial charge in [-0.2, -0.15) is 4.72 Å². The molecular weight excluding hydrogens is 240 g/mol. The SMILES string of the molecule is Nc1ccc(S(=O)(=O)NC2N=CC=CN2)cc1. The summed E-state index contributed by atoms with van der Waals surface area (Å²) in [5.74, 6) is 0. The van der Waals surface area contributed by atoms with Crippen molar-refractivity contribution < 1.29 is 8.42 Å². The number of allylic oxidation sites excluding steroid dienone is 1. The lowest BCUT2D eigenvalue weighted by molar-refractivity contribution is 0.532. The quantitative estimate of drug-likeness (QED) is 0.661. The number of sulfonamides is 1. The summed E-state index contributed by atoms with van der Waals surface area (Å²) in [6.07, 6.45) is 4.13. The fourth-order valence-corrected chi connectivity index (χ4v) is 2.35. The van der Waals surface area contributed by atoms with Crippen molar-refractivity contribution >= 4 is 21.9 Å². The molecule has 1 aliphatic heterocycles. The van der Waals surface area contributed by atoms with Gasteiger partial charge in [-0.25, -0.2) is 8.42 Å². The molecule has 2 rings (SSSR count). The molecule has 1 aliphatic rings. The number of anilines is 1. The van der Waals surface area contributed by atoms with E-state index in [1.807, 2.05) is 0 Å². The van der Waals surface area contributed by atoms with E-state index in [9.17, 15) is 8.42 Å². The van der Waals surface area contributed by atoms with Crippen molar-refractivity contribution in [3.63, 3.8) is 0 Å². The van der Waals surface area contributed by atoms with Crippen molar-refractivity contribution in [2.45, 2.75) is 11.2 Å². The van der Waals surface area contributed by atoms with Crippen LogP contribution in [0.3, 0.4) is 0 Å². The van der Waals surface area contributed by atoms with Gasteiger partial charge in [0.2, 0.25) is 10.0 Å². The first-order valence-electron chi connectivity index (χ1n) is 4.90. The monoisotopic (exact) mass is 252 g/mol. The van der Waals surface area contributed by atoms with Crippen LogP contribution >= 0.6 is 0 Å². The molecule has 0 aliphatic carbocycles. The van der Waals surface area contributed by atoms with Gasteiger partial charge in [-0.3, -0.25) is 4.99 Å². The van der Waals surface area contributed by atoms with E-state index in [0.29, 0.717) is 5.69 Å². The van der Waals surface area contributed by atoms with Gasteiger partial charge in [0.15, 0.2) is 6.29 Å². The number of nitrogen functional groups attached to an aromatic ring is 1. The van der Waals surface area contributed by atoms with Crippen LogP contribution in [0.5, 0.6) is 0 Å². The largest absolute Gasteiger partial charge is 0.399 e. The predicted molar refractivity (Wildman–Crippen MR) is 65.7 cm³/mol. The van der Waals surface area contributed by atoms with Gasteiger partial charge in [-0.05, 0) is 30.3 Å². The van der Waals surface area contributed by atoms with Gasteiger partial charge in [0, 0.05) is 18.1 Å². The topological polar surface area (TPSA) is 96.6 Å². The summed E-state index contributed by atoms with van der Waals surface area (Å²) in [4.78, 5) is 4.07. The van der Waals surface area contributed by atoms with Crippen LogP contribution in [0.2, 0.25) is 0 Å². The Morgan fingerprint density at radius 1 is 1.29 bits per heavy atom. The molecule has 1 atom stereocenters. The molecule has 0 spiro atoms. The third-order valence-corrected chi connectivity index (χ3v) is 3.56. The molecule has 1 aromatic carbocycles. The molecule has 17 heavy (non-hydrogen) atoms. The molecule has 0 aromatic heterocycles. The summed E-state index contributed by atoms with van der Waals surface area (Å²) >= 11 is 0. The lowest BCUT2D eigenvalue weighted by Gasteiger charge is -2.16. The molecular formula is C10H12N4O2S. The van der Waals surface area contributed by atoms with E-state index < -0.39 is 16.3 Å². The highest BCUT2D eigenvalue weighted by molar-refractivity contribution is 7.89. The highest BCUT2D eigenvalue weighted by Crippen LogP contribution is 2.11. The zero-order valence-corrected chi connectivity index (χ0v) is 9.68.